The summed E-state index contributed by atoms with van der Waals surface area (Å²) >= 11 is 3.40. The molecule has 2 aromatic heterocycles. The lowest BCUT2D eigenvalue weighted by molar-refractivity contribution is 0.0887. The molecule has 104 valence electrons. The van der Waals surface area contributed by atoms with Gasteiger partial charge in [-0.25, -0.2) is 4.98 Å². The number of hydrogen-bond acceptors (Lipinski definition) is 4. The van der Waals surface area contributed by atoms with Crippen molar-refractivity contribution in [3.05, 3.63) is 34.7 Å². The average Bonchev–Trinajstić information content (AvgIpc) is 2.42. The normalized spacial score (nSPS) is 21.5. The lowest BCUT2D eigenvalue weighted by Gasteiger charge is -2.34. The zero-order valence-electron chi connectivity index (χ0n) is 10.8. The van der Waals surface area contributed by atoms with Crippen LogP contribution >= 0.6 is 15.9 Å². The maximum absolute atomic E-state index is 12.2. The molecular formula is C14H15BrN4O. The van der Waals surface area contributed by atoms with E-state index in [1.165, 1.54) is 0 Å². The third kappa shape index (κ3) is 2.53. The molecule has 0 atom stereocenters. The third-order valence-corrected chi connectivity index (χ3v) is 4.27. The summed E-state index contributed by atoms with van der Waals surface area (Å²) in [5.74, 6) is 0.418. The van der Waals surface area contributed by atoms with Crippen LogP contribution in [0.4, 0.5) is 0 Å². The van der Waals surface area contributed by atoms with Gasteiger partial charge in [0.1, 0.15) is 5.69 Å². The number of amides is 1. The van der Waals surface area contributed by atoms with Crippen LogP contribution < -0.4 is 11.1 Å². The van der Waals surface area contributed by atoms with Crippen molar-refractivity contribution >= 4 is 32.7 Å². The second kappa shape index (κ2) is 5.46. The Balaban J connectivity index is 1.77. The van der Waals surface area contributed by atoms with Crippen LogP contribution in [0.15, 0.2) is 29.0 Å². The highest BCUT2D eigenvalue weighted by Gasteiger charge is 2.29. The molecule has 20 heavy (non-hydrogen) atoms. The minimum absolute atomic E-state index is 0.129. The van der Waals surface area contributed by atoms with Crippen LogP contribution in [0.5, 0.6) is 0 Å². The molecule has 0 bridgehead atoms. The number of aromatic nitrogens is 2. The first kappa shape index (κ1) is 13.5. The van der Waals surface area contributed by atoms with Gasteiger partial charge in [0.25, 0.3) is 5.91 Å². The van der Waals surface area contributed by atoms with Gasteiger partial charge in [0.05, 0.1) is 9.99 Å². The van der Waals surface area contributed by atoms with E-state index in [0.29, 0.717) is 18.2 Å². The van der Waals surface area contributed by atoms with Crippen molar-refractivity contribution in [2.75, 3.05) is 6.54 Å². The zero-order valence-corrected chi connectivity index (χ0v) is 12.4. The second-order valence-electron chi connectivity index (χ2n) is 5.13. The van der Waals surface area contributed by atoms with Crippen molar-refractivity contribution < 1.29 is 4.79 Å². The molecule has 0 spiro atoms. The average molecular weight is 335 g/mol. The van der Waals surface area contributed by atoms with Crippen molar-refractivity contribution in [3.8, 4) is 0 Å². The summed E-state index contributed by atoms with van der Waals surface area (Å²) in [4.78, 5) is 20.6. The van der Waals surface area contributed by atoms with Gasteiger partial charge in [0.15, 0.2) is 0 Å². The van der Waals surface area contributed by atoms with Gasteiger partial charge in [-0.15, -0.1) is 0 Å². The summed E-state index contributed by atoms with van der Waals surface area (Å²) in [6.07, 6.45) is 5.33. The molecule has 5 nitrogen and oxygen atoms in total. The van der Waals surface area contributed by atoms with Crippen LogP contribution in [0.3, 0.4) is 0 Å². The van der Waals surface area contributed by atoms with Gasteiger partial charge in [0, 0.05) is 23.8 Å². The SMILES string of the molecule is NCC1CC(NC(=O)c2ccc3cncc(Br)c3n2)C1. The van der Waals surface area contributed by atoms with Gasteiger partial charge in [-0.3, -0.25) is 9.78 Å². The van der Waals surface area contributed by atoms with Crippen LogP contribution in [0.1, 0.15) is 23.3 Å². The molecule has 1 fully saturated rings. The van der Waals surface area contributed by atoms with E-state index in [2.05, 4.69) is 31.2 Å². The minimum Gasteiger partial charge on any atom is -0.348 e. The van der Waals surface area contributed by atoms with Gasteiger partial charge in [0.2, 0.25) is 0 Å². The molecule has 2 aromatic rings. The van der Waals surface area contributed by atoms with Crippen molar-refractivity contribution in [1.82, 2.24) is 15.3 Å². The highest BCUT2D eigenvalue weighted by molar-refractivity contribution is 9.10. The van der Waals surface area contributed by atoms with Gasteiger partial charge < -0.3 is 11.1 Å². The van der Waals surface area contributed by atoms with E-state index in [1.54, 1.807) is 18.5 Å². The van der Waals surface area contributed by atoms with E-state index >= 15 is 0 Å². The van der Waals surface area contributed by atoms with Crippen LogP contribution in [-0.2, 0) is 0 Å². The van der Waals surface area contributed by atoms with Crippen molar-refractivity contribution in [2.45, 2.75) is 18.9 Å². The predicted octanol–water partition coefficient (Wildman–Crippen LogP) is 1.86. The maximum Gasteiger partial charge on any atom is 0.270 e. The molecule has 1 amide bonds. The Hall–Kier alpha value is -1.53. The van der Waals surface area contributed by atoms with Gasteiger partial charge in [-0.1, -0.05) is 0 Å². The van der Waals surface area contributed by atoms with Crippen LogP contribution in [-0.4, -0.2) is 28.5 Å². The van der Waals surface area contributed by atoms with Gasteiger partial charge in [-0.05, 0) is 53.4 Å². The fourth-order valence-electron chi connectivity index (χ4n) is 2.44. The summed E-state index contributed by atoms with van der Waals surface area (Å²) in [6, 6.07) is 3.82. The Bertz CT molecular complexity index is 655. The molecule has 1 saturated carbocycles. The maximum atomic E-state index is 12.2. The van der Waals surface area contributed by atoms with Crippen LogP contribution in [0.25, 0.3) is 10.9 Å². The Morgan fingerprint density at radius 3 is 2.95 bits per heavy atom. The van der Waals surface area contributed by atoms with E-state index < -0.39 is 0 Å². The number of fused-ring (bicyclic) bond motifs is 1. The first-order chi connectivity index (χ1) is 9.67. The molecule has 0 radical (unpaired) electrons. The standard InChI is InChI=1S/C14H15BrN4O/c15-11-7-17-6-9-1-2-12(19-13(9)11)14(20)18-10-3-8(4-10)5-16/h1-2,6-8,10H,3-5,16H2,(H,18,20). The molecular weight excluding hydrogens is 320 g/mol. The van der Waals surface area contributed by atoms with E-state index in [0.717, 1.165) is 28.2 Å². The molecule has 0 aliphatic heterocycles. The fraction of sp³-hybridized carbons (Fsp3) is 0.357. The first-order valence-electron chi connectivity index (χ1n) is 6.58. The number of carbonyl (C=O) groups excluding carboxylic acids is 1. The van der Waals surface area contributed by atoms with E-state index in [4.69, 9.17) is 5.73 Å². The Morgan fingerprint density at radius 1 is 1.40 bits per heavy atom. The molecule has 3 N–H and O–H groups in total. The monoisotopic (exact) mass is 334 g/mol. The second-order valence-corrected chi connectivity index (χ2v) is 5.99. The molecule has 2 heterocycles. The fourth-order valence-corrected chi connectivity index (χ4v) is 2.88. The molecule has 6 heteroatoms. The molecule has 1 aliphatic carbocycles. The largest absolute Gasteiger partial charge is 0.348 e. The van der Waals surface area contributed by atoms with Crippen molar-refractivity contribution in [3.63, 3.8) is 0 Å². The molecule has 0 unspecified atom stereocenters. The van der Waals surface area contributed by atoms with Crippen LogP contribution in [0.2, 0.25) is 0 Å². The number of nitrogens with zero attached hydrogens (tertiary/aromatic N) is 2. The Morgan fingerprint density at radius 2 is 2.20 bits per heavy atom. The number of halogens is 1. The predicted molar refractivity (Wildman–Crippen MR) is 80.3 cm³/mol. The summed E-state index contributed by atoms with van der Waals surface area (Å²) in [7, 11) is 0. The van der Waals surface area contributed by atoms with Crippen molar-refractivity contribution in [1.29, 1.82) is 0 Å². The molecule has 0 saturated heterocycles. The lowest BCUT2D eigenvalue weighted by Crippen LogP contribution is -2.46. The summed E-state index contributed by atoms with van der Waals surface area (Å²) in [6.45, 7) is 0.695. The molecule has 3 rings (SSSR count). The van der Waals surface area contributed by atoms with Crippen LogP contribution in [0, 0.1) is 5.92 Å². The highest BCUT2D eigenvalue weighted by Crippen LogP contribution is 2.26. The number of carbonyl (C=O) groups is 1. The summed E-state index contributed by atoms with van der Waals surface area (Å²) < 4.78 is 0.788. The molecule has 1 aliphatic rings. The number of nitrogens with one attached hydrogen (secondary N) is 1. The Labute approximate surface area is 125 Å². The minimum atomic E-state index is -0.129. The van der Waals surface area contributed by atoms with E-state index in [-0.39, 0.29) is 11.9 Å². The Kier molecular flexibility index (Phi) is 3.67. The quantitative estimate of drug-likeness (QED) is 0.897. The van der Waals surface area contributed by atoms with Gasteiger partial charge in [-0.2, -0.15) is 0 Å². The van der Waals surface area contributed by atoms with Crippen molar-refractivity contribution in [2.24, 2.45) is 11.7 Å². The summed E-state index contributed by atoms with van der Waals surface area (Å²) in [5.41, 5.74) is 6.76. The number of hydrogen-bond donors (Lipinski definition) is 2. The number of nitrogens with two attached hydrogens (primary N) is 1. The number of pyridine rings is 2. The topological polar surface area (TPSA) is 80.9 Å². The smallest absolute Gasteiger partial charge is 0.270 e. The summed E-state index contributed by atoms with van der Waals surface area (Å²) in [5, 5.41) is 3.90. The van der Waals surface area contributed by atoms with E-state index in [1.807, 2.05) is 6.07 Å². The van der Waals surface area contributed by atoms with E-state index in [9.17, 15) is 4.79 Å². The molecule has 0 aromatic carbocycles. The highest BCUT2D eigenvalue weighted by atomic mass is 79.9. The lowest BCUT2D eigenvalue weighted by atomic mass is 9.80. The number of rotatable bonds is 3. The van der Waals surface area contributed by atoms with Gasteiger partial charge >= 0.3 is 0 Å². The zero-order chi connectivity index (χ0) is 14.1. The first-order valence-corrected chi connectivity index (χ1v) is 7.38. The third-order valence-electron chi connectivity index (χ3n) is 3.69.